The highest BCUT2D eigenvalue weighted by Gasteiger charge is 2.59. The fraction of sp³-hybridized carbons (Fsp3) is 0.364. The molecule has 2 fully saturated rings. The molecule has 4 atom stereocenters. The first-order valence-corrected chi connectivity index (χ1v) is 13.5. The molecular weight excluding hydrogens is 479 g/mol. The summed E-state index contributed by atoms with van der Waals surface area (Å²) in [4.78, 5) is 10.8. The van der Waals surface area contributed by atoms with E-state index in [2.05, 4.69) is 48.6 Å². The first-order valence-electron chi connectivity index (χ1n) is 13.5. The molecule has 1 aliphatic heterocycles. The highest BCUT2D eigenvalue weighted by Crippen LogP contribution is 2.56. The van der Waals surface area contributed by atoms with Crippen LogP contribution in [0.4, 0.5) is 4.39 Å². The van der Waals surface area contributed by atoms with Crippen LogP contribution in [0.1, 0.15) is 43.2 Å². The number of allylic oxidation sites excluding steroid dienone is 2. The molecule has 4 nitrogen and oxygen atoms in total. The molecule has 3 aromatic carbocycles. The first-order chi connectivity index (χ1) is 18.5. The van der Waals surface area contributed by atoms with Crippen molar-refractivity contribution in [2.24, 2.45) is 11.8 Å². The Morgan fingerprint density at radius 3 is 2.47 bits per heavy atom. The van der Waals surface area contributed by atoms with E-state index in [1.165, 1.54) is 11.1 Å². The van der Waals surface area contributed by atoms with Crippen LogP contribution in [0.3, 0.4) is 0 Å². The van der Waals surface area contributed by atoms with Crippen LogP contribution in [0.25, 0.3) is 11.1 Å². The van der Waals surface area contributed by atoms with Gasteiger partial charge in [0.2, 0.25) is 0 Å². The lowest BCUT2D eigenvalue weighted by atomic mass is 9.69. The van der Waals surface area contributed by atoms with Crippen LogP contribution in [0, 0.1) is 17.7 Å². The average molecular weight is 515 g/mol. The van der Waals surface area contributed by atoms with Crippen LogP contribution >= 0.6 is 0 Å². The molecule has 0 amide bonds. The van der Waals surface area contributed by atoms with Crippen molar-refractivity contribution in [3.8, 4) is 11.1 Å². The van der Waals surface area contributed by atoms with Gasteiger partial charge in [-0.1, -0.05) is 78.9 Å². The summed E-state index contributed by atoms with van der Waals surface area (Å²) in [5, 5.41) is 8.88. The van der Waals surface area contributed by atoms with Crippen LogP contribution in [0.2, 0.25) is 0 Å². The third kappa shape index (κ3) is 5.90. The second kappa shape index (κ2) is 12.1. The zero-order valence-electron chi connectivity index (χ0n) is 21.6. The number of hydrogen-bond donors (Lipinski definition) is 1. The second-order valence-electron chi connectivity index (χ2n) is 10.6. The molecule has 2 bridgehead atoms. The SMILES string of the molecule is O=C(O)CCC/C=C\C[C@H]1[C@H](COCc2ccc(-c3ccccc3)cc2)[C@@H]2C[C@@]1(c1ccc(F)cc1)CO2. The van der Waals surface area contributed by atoms with E-state index in [0.29, 0.717) is 32.2 Å². The number of halogens is 1. The lowest BCUT2D eigenvalue weighted by Crippen LogP contribution is -2.41. The molecule has 0 spiro atoms. The van der Waals surface area contributed by atoms with Crippen molar-refractivity contribution < 1.29 is 23.8 Å². The summed E-state index contributed by atoms with van der Waals surface area (Å²) < 4.78 is 26.2. The molecule has 0 aromatic heterocycles. The van der Waals surface area contributed by atoms with E-state index >= 15 is 0 Å². The van der Waals surface area contributed by atoms with Crippen LogP contribution in [-0.2, 0) is 26.3 Å². The van der Waals surface area contributed by atoms with Gasteiger partial charge in [0.1, 0.15) is 5.82 Å². The second-order valence-corrected chi connectivity index (χ2v) is 10.6. The average Bonchev–Trinajstić information content (AvgIpc) is 3.50. The van der Waals surface area contributed by atoms with Gasteiger partial charge in [0, 0.05) is 17.8 Å². The Balaban J connectivity index is 1.25. The number of rotatable bonds is 12. The lowest BCUT2D eigenvalue weighted by molar-refractivity contribution is -0.137. The monoisotopic (exact) mass is 514 g/mol. The molecule has 1 aliphatic carbocycles. The number of carboxylic acid groups (broad SMARTS) is 1. The molecule has 3 aromatic rings. The maximum absolute atomic E-state index is 13.7. The lowest BCUT2D eigenvalue weighted by Gasteiger charge is -2.39. The number of unbranched alkanes of at least 4 members (excludes halogenated alkanes) is 1. The van der Waals surface area contributed by atoms with Gasteiger partial charge < -0.3 is 14.6 Å². The van der Waals surface area contributed by atoms with Crippen molar-refractivity contribution >= 4 is 5.97 Å². The Morgan fingerprint density at radius 2 is 1.74 bits per heavy atom. The molecule has 198 valence electrons. The molecule has 1 saturated carbocycles. The summed E-state index contributed by atoms with van der Waals surface area (Å²) >= 11 is 0. The number of fused-ring (bicyclic) bond motifs is 2. The van der Waals surface area contributed by atoms with Gasteiger partial charge >= 0.3 is 5.97 Å². The summed E-state index contributed by atoms with van der Waals surface area (Å²) in [6.45, 7) is 1.78. The highest BCUT2D eigenvalue weighted by atomic mass is 19.1. The number of benzene rings is 3. The molecule has 1 N–H and O–H groups in total. The largest absolute Gasteiger partial charge is 0.481 e. The van der Waals surface area contributed by atoms with Crippen molar-refractivity contribution in [2.75, 3.05) is 13.2 Å². The molecule has 5 heteroatoms. The Hall–Kier alpha value is -3.28. The van der Waals surface area contributed by atoms with Crippen LogP contribution in [-0.4, -0.2) is 30.4 Å². The van der Waals surface area contributed by atoms with Crippen LogP contribution in [0.5, 0.6) is 0 Å². The van der Waals surface area contributed by atoms with Crippen molar-refractivity contribution in [1.82, 2.24) is 0 Å². The van der Waals surface area contributed by atoms with Gasteiger partial charge in [-0.2, -0.15) is 0 Å². The molecule has 0 unspecified atom stereocenters. The Labute approximate surface area is 224 Å². The van der Waals surface area contributed by atoms with Gasteiger partial charge in [0.05, 0.1) is 25.9 Å². The van der Waals surface area contributed by atoms with Gasteiger partial charge in [-0.15, -0.1) is 0 Å². The number of carboxylic acids is 1. The van der Waals surface area contributed by atoms with Crippen LogP contribution < -0.4 is 0 Å². The topological polar surface area (TPSA) is 55.8 Å². The predicted molar refractivity (Wildman–Crippen MR) is 146 cm³/mol. The first kappa shape index (κ1) is 26.3. The van der Waals surface area contributed by atoms with E-state index in [4.69, 9.17) is 14.6 Å². The van der Waals surface area contributed by atoms with E-state index in [9.17, 15) is 9.18 Å². The smallest absolute Gasteiger partial charge is 0.303 e. The van der Waals surface area contributed by atoms with Crippen molar-refractivity contribution in [1.29, 1.82) is 0 Å². The van der Waals surface area contributed by atoms with Crippen molar-refractivity contribution in [3.63, 3.8) is 0 Å². The number of hydrogen-bond acceptors (Lipinski definition) is 3. The minimum absolute atomic E-state index is 0.117. The van der Waals surface area contributed by atoms with E-state index in [1.807, 2.05) is 30.3 Å². The van der Waals surface area contributed by atoms with Gasteiger partial charge in [0.15, 0.2) is 0 Å². The molecule has 5 rings (SSSR count). The van der Waals surface area contributed by atoms with Gasteiger partial charge in [-0.3, -0.25) is 4.79 Å². The number of carbonyl (C=O) groups is 1. The zero-order valence-corrected chi connectivity index (χ0v) is 21.6. The Morgan fingerprint density at radius 1 is 1.00 bits per heavy atom. The fourth-order valence-electron chi connectivity index (χ4n) is 6.22. The van der Waals surface area contributed by atoms with Gasteiger partial charge in [0.25, 0.3) is 0 Å². The van der Waals surface area contributed by atoms with E-state index < -0.39 is 5.97 Å². The summed E-state index contributed by atoms with van der Waals surface area (Å²) in [6.07, 6.45) is 7.76. The summed E-state index contributed by atoms with van der Waals surface area (Å²) in [5.41, 5.74) is 4.49. The molecule has 1 saturated heterocycles. The van der Waals surface area contributed by atoms with Crippen molar-refractivity contribution in [3.05, 3.63) is 108 Å². The third-order valence-electron chi connectivity index (χ3n) is 8.20. The molecule has 2 aliphatic rings. The van der Waals surface area contributed by atoms with Gasteiger partial charge in [-0.05, 0) is 66.0 Å². The van der Waals surface area contributed by atoms with E-state index in [-0.39, 0.29) is 29.7 Å². The van der Waals surface area contributed by atoms with Gasteiger partial charge in [-0.25, -0.2) is 4.39 Å². The minimum Gasteiger partial charge on any atom is -0.481 e. The maximum Gasteiger partial charge on any atom is 0.303 e. The standard InChI is InChI=1S/C33H35FO4/c34-28-18-16-27(17-19-28)33-20-31(38-23-33)29(30(33)10-6-1-2-7-11-32(35)36)22-37-21-24-12-14-26(15-13-24)25-8-4-3-5-9-25/h1,3-6,8-9,12-19,29-31H,2,7,10-11,20-23H2,(H,35,36)/b6-1-/t29-,30-,31-,33-/m0/s1. The maximum atomic E-state index is 13.7. The van der Waals surface area contributed by atoms with Crippen LogP contribution in [0.15, 0.2) is 91.0 Å². The molecular formula is C33H35FO4. The normalized spacial score (nSPS) is 24.3. The fourth-order valence-corrected chi connectivity index (χ4v) is 6.22. The van der Waals surface area contributed by atoms with E-state index in [0.717, 1.165) is 30.4 Å². The highest BCUT2D eigenvalue weighted by molar-refractivity contribution is 5.66. The summed E-state index contributed by atoms with van der Waals surface area (Å²) in [6, 6.07) is 25.7. The van der Waals surface area contributed by atoms with E-state index in [1.54, 1.807) is 12.1 Å². The molecule has 38 heavy (non-hydrogen) atoms. The Kier molecular flexibility index (Phi) is 8.35. The summed E-state index contributed by atoms with van der Waals surface area (Å²) in [5.74, 6) is -0.443. The Bertz CT molecular complexity index is 1220. The minimum atomic E-state index is -0.758. The third-order valence-corrected chi connectivity index (χ3v) is 8.20. The quantitative estimate of drug-likeness (QED) is 0.205. The predicted octanol–water partition coefficient (Wildman–Crippen LogP) is 7.18. The molecule has 1 heterocycles. The van der Waals surface area contributed by atoms with Crippen molar-refractivity contribution in [2.45, 2.75) is 50.2 Å². The number of ether oxygens (including phenoxy) is 2. The number of aliphatic carboxylic acids is 1. The zero-order chi connectivity index (χ0) is 26.4. The molecule has 0 radical (unpaired) electrons. The summed E-state index contributed by atoms with van der Waals surface area (Å²) in [7, 11) is 0.